The molecule has 1 amide bonds. The van der Waals surface area contributed by atoms with Gasteiger partial charge in [-0.3, -0.25) is 4.79 Å². The molecule has 5 nitrogen and oxygen atoms in total. The van der Waals surface area contributed by atoms with E-state index in [1.54, 1.807) is 11.3 Å². The Morgan fingerprint density at radius 2 is 1.91 bits per heavy atom. The summed E-state index contributed by atoms with van der Waals surface area (Å²) >= 11 is 7.39. The fourth-order valence-electron chi connectivity index (χ4n) is 2.91. The number of aromatic nitrogens is 2. The maximum atomic E-state index is 11.7. The molecule has 0 saturated carbocycles. The second-order valence-corrected chi connectivity index (χ2v) is 7.25. The van der Waals surface area contributed by atoms with E-state index in [0.717, 1.165) is 36.0 Å². The van der Waals surface area contributed by atoms with Crippen LogP contribution in [0.3, 0.4) is 0 Å². The van der Waals surface area contributed by atoms with Gasteiger partial charge in [0.25, 0.3) is 0 Å². The monoisotopic (exact) mass is 352 g/mol. The van der Waals surface area contributed by atoms with Gasteiger partial charge in [0, 0.05) is 37.5 Å². The van der Waals surface area contributed by atoms with Gasteiger partial charge in [0.15, 0.2) is 0 Å². The van der Waals surface area contributed by atoms with Gasteiger partial charge in [-0.2, -0.15) is 0 Å². The van der Waals surface area contributed by atoms with Crippen LogP contribution in [0.25, 0.3) is 10.2 Å². The Balaban J connectivity index is 1.95. The summed E-state index contributed by atoms with van der Waals surface area (Å²) in [5, 5.41) is 1.17. The highest BCUT2D eigenvalue weighted by Crippen LogP contribution is 2.35. The fourth-order valence-corrected chi connectivity index (χ4v) is 4.12. The molecular weight excluding hydrogens is 332 g/mol. The molecule has 0 atom stereocenters. The molecule has 2 aromatic heterocycles. The SMILES string of the molecule is CCc1nc(N2CCN(C(=O)CCl)CC2)c2c(C)c(C)sc2n1. The van der Waals surface area contributed by atoms with Gasteiger partial charge in [-0.15, -0.1) is 22.9 Å². The molecule has 7 heteroatoms. The lowest BCUT2D eigenvalue weighted by atomic mass is 10.2. The van der Waals surface area contributed by atoms with Gasteiger partial charge in [0.1, 0.15) is 22.4 Å². The number of fused-ring (bicyclic) bond motifs is 1. The van der Waals surface area contributed by atoms with Crippen molar-refractivity contribution in [1.82, 2.24) is 14.9 Å². The van der Waals surface area contributed by atoms with Gasteiger partial charge >= 0.3 is 0 Å². The van der Waals surface area contributed by atoms with Crippen LogP contribution < -0.4 is 4.90 Å². The van der Waals surface area contributed by atoms with Crippen LogP contribution in [0.2, 0.25) is 0 Å². The molecule has 0 radical (unpaired) electrons. The van der Waals surface area contributed by atoms with Crippen LogP contribution in [-0.2, 0) is 11.2 Å². The molecular formula is C16H21ClN4OS. The van der Waals surface area contributed by atoms with Gasteiger partial charge in [0.2, 0.25) is 5.91 Å². The summed E-state index contributed by atoms with van der Waals surface area (Å²) in [7, 11) is 0. The number of amides is 1. The van der Waals surface area contributed by atoms with Crippen molar-refractivity contribution in [3.63, 3.8) is 0 Å². The maximum Gasteiger partial charge on any atom is 0.237 e. The van der Waals surface area contributed by atoms with Crippen LogP contribution in [0.1, 0.15) is 23.2 Å². The molecule has 124 valence electrons. The molecule has 3 heterocycles. The van der Waals surface area contributed by atoms with Crippen molar-refractivity contribution < 1.29 is 4.79 Å². The fraction of sp³-hybridized carbons (Fsp3) is 0.562. The molecule has 1 fully saturated rings. The Hall–Kier alpha value is -1.40. The number of halogens is 1. The molecule has 0 aliphatic carbocycles. The van der Waals surface area contributed by atoms with Crippen molar-refractivity contribution in [2.24, 2.45) is 0 Å². The number of rotatable bonds is 3. The van der Waals surface area contributed by atoms with E-state index in [0.29, 0.717) is 13.1 Å². The van der Waals surface area contributed by atoms with Crippen molar-refractivity contribution in [2.45, 2.75) is 27.2 Å². The third kappa shape index (κ3) is 3.02. The van der Waals surface area contributed by atoms with E-state index in [2.05, 4.69) is 30.7 Å². The minimum Gasteiger partial charge on any atom is -0.352 e. The van der Waals surface area contributed by atoms with E-state index in [1.807, 2.05) is 4.90 Å². The van der Waals surface area contributed by atoms with Crippen molar-refractivity contribution in [3.8, 4) is 0 Å². The summed E-state index contributed by atoms with van der Waals surface area (Å²) in [6, 6.07) is 0. The van der Waals surface area contributed by atoms with E-state index in [1.165, 1.54) is 15.8 Å². The van der Waals surface area contributed by atoms with Crippen molar-refractivity contribution in [2.75, 3.05) is 37.0 Å². The Kier molecular flexibility index (Phi) is 4.73. The predicted octanol–water partition coefficient (Wildman–Crippen LogP) is 2.76. The Morgan fingerprint density at radius 3 is 2.52 bits per heavy atom. The number of piperazine rings is 1. The highest BCUT2D eigenvalue weighted by molar-refractivity contribution is 7.18. The van der Waals surface area contributed by atoms with E-state index in [4.69, 9.17) is 16.6 Å². The quantitative estimate of drug-likeness (QED) is 0.797. The third-order valence-corrected chi connectivity index (χ3v) is 5.75. The van der Waals surface area contributed by atoms with Gasteiger partial charge in [-0.05, 0) is 19.4 Å². The largest absolute Gasteiger partial charge is 0.352 e. The molecule has 0 spiro atoms. The van der Waals surface area contributed by atoms with Crippen molar-refractivity contribution in [1.29, 1.82) is 0 Å². The van der Waals surface area contributed by atoms with Crippen LogP contribution in [0.5, 0.6) is 0 Å². The lowest BCUT2D eigenvalue weighted by Gasteiger charge is -2.35. The predicted molar refractivity (Wildman–Crippen MR) is 95.8 cm³/mol. The van der Waals surface area contributed by atoms with Crippen LogP contribution >= 0.6 is 22.9 Å². The number of hydrogen-bond donors (Lipinski definition) is 0. The van der Waals surface area contributed by atoms with Crippen LogP contribution in [0, 0.1) is 13.8 Å². The summed E-state index contributed by atoms with van der Waals surface area (Å²) in [6.45, 7) is 9.31. The number of nitrogens with zero attached hydrogens (tertiary/aromatic N) is 4. The summed E-state index contributed by atoms with van der Waals surface area (Å²) in [5.74, 6) is 1.97. The molecule has 1 aliphatic rings. The number of carbonyl (C=O) groups excluding carboxylic acids is 1. The Bertz CT molecular complexity index is 737. The molecule has 1 aliphatic heterocycles. The normalized spacial score (nSPS) is 15.5. The number of thiophene rings is 1. The first-order chi connectivity index (χ1) is 11.0. The summed E-state index contributed by atoms with van der Waals surface area (Å²) < 4.78 is 0. The minimum absolute atomic E-state index is 0.0101. The van der Waals surface area contributed by atoms with Gasteiger partial charge in [-0.25, -0.2) is 9.97 Å². The summed E-state index contributed by atoms with van der Waals surface area (Å²) in [4.78, 5) is 27.7. The molecule has 2 aromatic rings. The Labute approximate surface area is 145 Å². The number of alkyl halides is 1. The first-order valence-corrected chi connectivity index (χ1v) is 9.25. The zero-order chi connectivity index (χ0) is 16.6. The van der Waals surface area contributed by atoms with Gasteiger partial charge < -0.3 is 9.80 Å². The minimum atomic E-state index is 0.0101. The molecule has 1 saturated heterocycles. The maximum absolute atomic E-state index is 11.7. The average Bonchev–Trinajstić information content (AvgIpc) is 2.87. The number of aryl methyl sites for hydroxylation is 3. The summed E-state index contributed by atoms with van der Waals surface area (Å²) in [5.41, 5.74) is 1.27. The topological polar surface area (TPSA) is 49.3 Å². The molecule has 0 N–H and O–H groups in total. The van der Waals surface area contributed by atoms with E-state index in [9.17, 15) is 4.79 Å². The first kappa shape index (κ1) is 16.5. The number of anilines is 1. The Morgan fingerprint density at radius 1 is 1.22 bits per heavy atom. The first-order valence-electron chi connectivity index (χ1n) is 7.90. The third-order valence-electron chi connectivity index (χ3n) is 4.42. The van der Waals surface area contributed by atoms with Crippen LogP contribution in [0.4, 0.5) is 5.82 Å². The zero-order valence-corrected chi connectivity index (χ0v) is 15.3. The van der Waals surface area contributed by atoms with Crippen molar-refractivity contribution >= 4 is 44.9 Å². The second-order valence-electron chi connectivity index (χ2n) is 5.78. The van der Waals surface area contributed by atoms with E-state index in [-0.39, 0.29) is 11.8 Å². The van der Waals surface area contributed by atoms with Crippen molar-refractivity contribution in [3.05, 3.63) is 16.3 Å². The standard InChI is InChI=1S/C16H21ClN4OS/c1-4-12-18-15(14-10(2)11(3)23-16(14)19-12)21-7-5-20(6-8-21)13(22)9-17/h4-9H2,1-3H3. The van der Waals surface area contributed by atoms with Gasteiger partial charge in [-0.1, -0.05) is 6.92 Å². The molecule has 23 heavy (non-hydrogen) atoms. The zero-order valence-electron chi connectivity index (χ0n) is 13.7. The lowest BCUT2D eigenvalue weighted by Crippen LogP contribution is -2.49. The van der Waals surface area contributed by atoms with E-state index < -0.39 is 0 Å². The van der Waals surface area contributed by atoms with E-state index >= 15 is 0 Å². The molecule has 0 bridgehead atoms. The van der Waals surface area contributed by atoms with Crippen LogP contribution in [-0.4, -0.2) is 52.8 Å². The second kappa shape index (κ2) is 6.61. The number of hydrogen-bond acceptors (Lipinski definition) is 5. The number of carbonyl (C=O) groups is 1. The van der Waals surface area contributed by atoms with Crippen LogP contribution in [0.15, 0.2) is 0 Å². The molecule has 0 aromatic carbocycles. The highest BCUT2D eigenvalue weighted by atomic mass is 35.5. The molecule has 3 rings (SSSR count). The smallest absolute Gasteiger partial charge is 0.237 e. The highest BCUT2D eigenvalue weighted by Gasteiger charge is 2.24. The summed E-state index contributed by atoms with van der Waals surface area (Å²) in [6.07, 6.45) is 0.823. The van der Waals surface area contributed by atoms with Gasteiger partial charge in [0.05, 0.1) is 5.39 Å². The lowest BCUT2D eigenvalue weighted by molar-refractivity contribution is -0.128. The molecule has 0 unspecified atom stereocenters. The average molecular weight is 353 g/mol.